The number of nitrogens with zero attached hydrogens (tertiary/aromatic N) is 3. The highest BCUT2D eigenvalue weighted by atomic mass is 19.1. The average molecular weight is 267 g/mol. The molecule has 2 atom stereocenters. The number of aromatic nitrogens is 1. The van der Waals surface area contributed by atoms with Gasteiger partial charge in [-0.15, -0.1) is 0 Å². The van der Waals surface area contributed by atoms with Gasteiger partial charge < -0.3 is 9.80 Å². The van der Waals surface area contributed by atoms with Crippen molar-refractivity contribution in [2.45, 2.75) is 18.5 Å². The Kier molecular flexibility index (Phi) is 4.81. The van der Waals surface area contributed by atoms with Gasteiger partial charge in [0.05, 0.1) is 6.20 Å². The van der Waals surface area contributed by atoms with Gasteiger partial charge in [-0.2, -0.15) is 0 Å². The van der Waals surface area contributed by atoms with Gasteiger partial charge >= 0.3 is 0 Å². The second-order valence-electron chi connectivity index (χ2n) is 5.29. The zero-order chi connectivity index (χ0) is 13.8. The molecular formula is C13H22FN5. The number of nitrogens with two attached hydrogens (primary N) is 1. The third-order valence-corrected chi connectivity index (χ3v) is 3.82. The first-order chi connectivity index (χ1) is 9.10. The molecule has 2 unspecified atom stereocenters. The lowest BCUT2D eigenvalue weighted by atomic mass is 9.99. The Hall–Kier alpha value is -1.08. The molecule has 1 fully saturated rings. The minimum Gasteiger partial charge on any atom is -0.304 e. The molecule has 2 heterocycles. The summed E-state index contributed by atoms with van der Waals surface area (Å²) in [5.74, 6) is 5.29. The van der Waals surface area contributed by atoms with Crippen molar-refractivity contribution >= 4 is 0 Å². The second kappa shape index (κ2) is 6.38. The van der Waals surface area contributed by atoms with E-state index >= 15 is 0 Å². The molecule has 1 aliphatic heterocycles. The molecule has 2 rings (SSSR count). The molecule has 6 heteroatoms. The maximum absolute atomic E-state index is 13.2. The van der Waals surface area contributed by atoms with Crippen molar-refractivity contribution in [1.29, 1.82) is 0 Å². The molecule has 1 aliphatic rings. The Balaban J connectivity index is 2.06. The van der Waals surface area contributed by atoms with Gasteiger partial charge in [-0.25, -0.2) is 4.39 Å². The van der Waals surface area contributed by atoms with Crippen LogP contribution in [0.3, 0.4) is 0 Å². The fraction of sp³-hybridized carbons (Fsp3) is 0.615. The minimum absolute atomic E-state index is 0.0813. The summed E-state index contributed by atoms with van der Waals surface area (Å²) in [5.41, 5.74) is 3.57. The van der Waals surface area contributed by atoms with Crippen molar-refractivity contribution in [2.75, 3.05) is 33.7 Å². The highest BCUT2D eigenvalue weighted by Gasteiger charge is 2.25. The second-order valence-corrected chi connectivity index (χ2v) is 5.29. The summed E-state index contributed by atoms with van der Waals surface area (Å²) in [6.07, 6.45) is 3.71. The molecule has 19 heavy (non-hydrogen) atoms. The van der Waals surface area contributed by atoms with E-state index in [-0.39, 0.29) is 11.9 Å². The maximum atomic E-state index is 13.2. The van der Waals surface area contributed by atoms with Gasteiger partial charge in [-0.1, -0.05) is 0 Å². The zero-order valence-corrected chi connectivity index (χ0v) is 11.5. The van der Waals surface area contributed by atoms with Crippen LogP contribution in [0, 0.1) is 5.82 Å². The van der Waals surface area contributed by atoms with E-state index in [1.165, 1.54) is 12.3 Å². The van der Waals surface area contributed by atoms with E-state index < -0.39 is 0 Å². The Morgan fingerprint density at radius 3 is 2.95 bits per heavy atom. The topological polar surface area (TPSA) is 57.4 Å². The average Bonchev–Trinajstić information content (AvgIpc) is 2.39. The largest absolute Gasteiger partial charge is 0.304 e. The van der Waals surface area contributed by atoms with Gasteiger partial charge in [-0.3, -0.25) is 16.3 Å². The molecule has 1 aromatic rings. The number of hydrogen-bond donors (Lipinski definition) is 2. The Morgan fingerprint density at radius 1 is 1.47 bits per heavy atom. The van der Waals surface area contributed by atoms with Crippen LogP contribution in [0.1, 0.15) is 18.0 Å². The van der Waals surface area contributed by atoms with Crippen molar-refractivity contribution < 1.29 is 4.39 Å². The van der Waals surface area contributed by atoms with Crippen molar-refractivity contribution in [1.82, 2.24) is 20.2 Å². The van der Waals surface area contributed by atoms with Gasteiger partial charge in [0, 0.05) is 37.9 Å². The van der Waals surface area contributed by atoms with E-state index in [9.17, 15) is 4.39 Å². The summed E-state index contributed by atoms with van der Waals surface area (Å²) in [6, 6.07) is 1.81. The van der Waals surface area contributed by atoms with E-state index in [1.54, 1.807) is 6.20 Å². The summed E-state index contributed by atoms with van der Waals surface area (Å²) in [5, 5.41) is 0. The van der Waals surface area contributed by atoms with Gasteiger partial charge in [0.2, 0.25) is 0 Å². The molecule has 0 saturated carbocycles. The number of hydrazine groups is 1. The van der Waals surface area contributed by atoms with Crippen LogP contribution in [0.5, 0.6) is 0 Å². The zero-order valence-electron chi connectivity index (χ0n) is 11.5. The first-order valence-electron chi connectivity index (χ1n) is 6.55. The molecule has 1 saturated heterocycles. The third kappa shape index (κ3) is 3.70. The van der Waals surface area contributed by atoms with Crippen molar-refractivity contribution in [3.63, 3.8) is 0 Å². The molecule has 0 bridgehead atoms. The number of likely N-dealkylation sites (N-methyl/N-ethyl adjacent to an activating group) is 2. The van der Waals surface area contributed by atoms with Crippen LogP contribution in [0.25, 0.3) is 0 Å². The van der Waals surface area contributed by atoms with Crippen LogP contribution < -0.4 is 11.3 Å². The van der Waals surface area contributed by atoms with E-state index in [0.29, 0.717) is 6.04 Å². The lowest BCUT2D eigenvalue weighted by molar-refractivity contribution is 0.101. The van der Waals surface area contributed by atoms with Crippen LogP contribution in [0.4, 0.5) is 4.39 Å². The molecule has 1 aromatic heterocycles. The van der Waals surface area contributed by atoms with Crippen LogP contribution in [-0.2, 0) is 0 Å². The molecule has 0 radical (unpaired) electrons. The van der Waals surface area contributed by atoms with Gasteiger partial charge in [0.1, 0.15) is 5.82 Å². The minimum atomic E-state index is -0.327. The first kappa shape index (κ1) is 14.3. The summed E-state index contributed by atoms with van der Waals surface area (Å²) in [7, 11) is 4.24. The predicted octanol–water partition coefficient (Wildman–Crippen LogP) is 0.361. The van der Waals surface area contributed by atoms with Gasteiger partial charge in [-0.05, 0) is 32.1 Å². The summed E-state index contributed by atoms with van der Waals surface area (Å²) < 4.78 is 13.2. The predicted molar refractivity (Wildman–Crippen MR) is 72.8 cm³/mol. The van der Waals surface area contributed by atoms with E-state index in [0.717, 1.165) is 31.6 Å². The molecule has 0 aliphatic carbocycles. The molecule has 106 valence electrons. The maximum Gasteiger partial charge on any atom is 0.141 e. The van der Waals surface area contributed by atoms with Crippen molar-refractivity contribution in [3.8, 4) is 0 Å². The van der Waals surface area contributed by atoms with Gasteiger partial charge in [0.15, 0.2) is 0 Å². The summed E-state index contributed by atoms with van der Waals surface area (Å²) in [4.78, 5) is 8.52. The van der Waals surface area contributed by atoms with Gasteiger partial charge in [0.25, 0.3) is 0 Å². The SMILES string of the molecule is CN1CCN(C)C(CC(NN)c2cncc(F)c2)C1. The summed E-state index contributed by atoms with van der Waals surface area (Å²) >= 11 is 0. The standard InChI is InChI=1S/C13H22FN5/c1-18-3-4-19(2)12(9-18)6-13(17-15)10-5-11(14)8-16-7-10/h5,7-8,12-13,17H,3-4,6,9,15H2,1-2H3. The van der Waals surface area contributed by atoms with Crippen LogP contribution in [0.15, 0.2) is 18.5 Å². The van der Waals surface area contributed by atoms with E-state index in [1.807, 2.05) is 0 Å². The number of pyridine rings is 1. The molecule has 0 spiro atoms. The molecule has 5 nitrogen and oxygen atoms in total. The smallest absolute Gasteiger partial charge is 0.141 e. The van der Waals surface area contributed by atoms with E-state index in [4.69, 9.17) is 5.84 Å². The fourth-order valence-electron chi connectivity index (χ4n) is 2.55. The third-order valence-electron chi connectivity index (χ3n) is 3.82. The number of hydrogen-bond acceptors (Lipinski definition) is 5. The molecule has 0 aromatic carbocycles. The Morgan fingerprint density at radius 2 is 2.26 bits per heavy atom. The number of piperazine rings is 1. The fourth-order valence-corrected chi connectivity index (χ4v) is 2.55. The quantitative estimate of drug-likeness (QED) is 0.609. The van der Waals surface area contributed by atoms with Crippen molar-refractivity contribution in [3.05, 3.63) is 29.8 Å². The number of nitrogens with one attached hydrogen (secondary N) is 1. The number of halogens is 1. The first-order valence-corrected chi connectivity index (χ1v) is 6.55. The van der Waals surface area contributed by atoms with Crippen LogP contribution in [0.2, 0.25) is 0 Å². The normalized spacial score (nSPS) is 23.5. The highest BCUT2D eigenvalue weighted by molar-refractivity contribution is 5.15. The van der Waals surface area contributed by atoms with Crippen molar-refractivity contribution in [2.24, 2.45) is 5.84 Å². The Labute approximate surface area is 113 Å². The monoisotopic (exact) mass is 267 g/mol. The van der Waals surface area contributed by atoms with E-state index in [2.05, 4.69) is 34.3 Å². The van der Waals surface area contributed by atoms with Crippen LogP contribution in [-0.4, -0.2) is 54.6 Å². The summed E-state index contributed by atoms with van der Waals surface area (Å²) in [6.45, 7) is 3.12. The lowest BCUT2D eigenvalue weighted by Crippen LogP contribution is -2.51. The highest BCUT2D eigenvalue weighted by Crippen LogP contribution is 2.21. The number of rotatable bonds is 4. The lowest BCUT2D eigenvalue weighted by Gasteiger charge is -2.39. The molecule has 0 amide bonds. The molecular weight excluding hydrogens is 245 g/mol. The Bertz CT molecular complexity index is 414. The van der Waals surface area contributed by atoms with Crippen LogP contribution >= 0.6 is 0 Å². The molecule has 3 N–H and O–H groups in total.